The Morgan fingerprint density at radius 1 is 1.19 bits per heavy atom. The summed E-state index contributed by atoms with van der Waals surface area (Å²) in [6, 6.07) is 11.4. The molecule has 0 unspecified atom stereocenters. The Morgan fingerprint density at radius 3 is 2.58 bits per heavy atom. The zero-order valence-corrected chi connectivity index (χ0v) is 16.9. The second-order valence-electron chi connectivity index (χ2n) is 8.82. The lowest BCUT2D eigenvalue weighted by Gasteiger charge is -2.39. The van der Waals surface area contributed by atoms with E-state index in [4.69, 9.17) is 0 Å². The van der Waals surface area contributed by atoms with Crippen molar-refractivity contribution in [1.29, 1.82) is 0 Å². The molecule has 144 valence electrons. The summed E-state index contributed by atoms with van der Waals surface area (Å²) in [7, 11) is 4.16. The fraction of sp³-hybridized carbons (Fsp3) is 0.682. The molecule has 0 aromatic heterocycles. The Hall–Kier alpha value is -1.39. The van der Waals surface area contributed by atoms with Gasteiger partial charge in [0.2, 0.25) is 5.91 Å². The normalized spacial score (nSPS) is 27.2. The first-order valence-corrected chi connectivity index (χ1v) is 10.1. The Morgan fingerprint density at radius 2 is 1.92 bits per heavy atom. The van der Waals surface area contributed by atoms with Gasteiger partial charge in [0.1, 0.15) is 0 Å². The molecule has 1 aromatic rings. The maximum atomic E-state index is 12.8. The number of carbonyl (C=O) groups is 1. The molecule has 0 bridgehead atoms. The maximum Gasteiger partial charge on any atom is 0.222 e. The summed E-state index contributed by atoms with van der Waals surface area (Å²) >= 11 is 0. The van der Waals surface area contributed by atoms with Gasteiger partial charge in [0, 0.05) is 44.1 Å². The van der Waals surface area contributed by atoms with Gasteiger partial charge in [0.25, 0.3) is 0 Å². The molecule has 3 rings (SSSR count). The predicted molar refractivity (Wildman–Crippen MR) is 107 cm³/mol. The molecule has 0 aliphatic carbocycles. The molecule has 2 heterocycles. The summed E-state index contributed by atoms with van der Waals surface area (Å²) in [4.78, 5) is 19.8. The number of benzene rings is 1. The van der Waals surface area contributed by atoms with E-state index in [-0.39, 0.29) is 5.41 Å². The van der Waals surface area contributed by atoms with Crippen LogP contribution in [-0.2, 0) is 10.2 Å². The van der Waals surface area contributed by atoms with Gasteiger partial charge in [-0.2, -0.15) is 0 Å². The highest BCUT2D eigenvalue weighted by atomic mass is 16.2. The average molecular weight is 358 g/mol. The Kier molecular flexibility index (Phi) is 6.03. The highest BCUT2D eigenvalue weighted by Crippen LogP contribution is 2.46. The van der Waals surface area contributed by atoms with E-state index >= 15 is 0 Å². The van der Waals surface area contributed by atoms with Gasteiger partial charge in [-0.05, 0) is 45.0 Å². The van der Waals surface area contributed by atoms with Gasteiger partial charge < -0.3 is 9.80 Å². The third-order valence-corrected chi connectivity index (χ3v) is 6.22. The highest BCUT2D eigenvalue weighted by molar-refractivity contribution is 5.77. The first-order chi connectivity index (χ1) is 12.4. The van der Waals surface area contributed by atoms with E-state index in [1.165, 1.54) is 12.0 Å². The van der Waals surface area contributed by atoms with E-state index in [9.17, 15) is 4.79 Å². The summed E-state index contributed by atoms with van der Waals surface area (Å²) in [5.41, 5.74) is 1.55. The van der Waals surface area contributed by atoms with Gasteiger partial charge in [-0.1, -0.05) is 44.2 Å². The number of likely N-dealkylation sites (N-methyl/N-ethyl adjacent to an activating group) is 1. The maximum absolute atomic E-state index is 12.8. The second-order valence-corrected chi connectivity index (χ2v) is 8.82. The molecule has 2 fully saturated rings. The third kappa shape index (κ3) is 3.96. The van der Waals surface area contributed by atoms with Crippen molar-refractivity contribution in [3.63, 3.8) is 0 Å². The number of hydrogen-bond donors (Lipinski definition) is 0. The number of hydrogen-bond acceptors (Lipinski definition) is 3. The zero-order valence-electron chi connectivity index (χ0n) is 16.9. The van der Waals surface area contributed by atoms with Crippen LogP contribution in [0.15, 0.2) is 30.3 Å². The molecular formula is C22H35N3O. The van der Waals surface area contributed by atoms with Crippen LogP contribution >= 0.6 is 0 Å². The summed E-state index contributed by atoms with van der Waals surface area (Å²) in [6.45, 7) is 9.50. The second kappa shape index (κ2) is 8.10. The lowest BCUT2D eigenvalue weighted by molar-refractivity contribution is -0.131. The molecule has 4 heteroatoms. The van der Waals surface area contributed by atoms with Crippen molar-refractivity contribution in [2.45, 2.75) is 44.6 Å². The minimum atomic E-state index is 0.124. The molecule has 0 radical (unpaired) electrons. The fourth-order valence-corrected chi connectivity index (χ4v) is 4.87. The lowest BCUT2D eigenvalue weighted by Crippen LogP contribution is -2.50. The standard InChI is InChI=1S/C22H35N3O/c1-18(2)16-24-13-12-22(19-8-6-5-7-9-19)11-10-21(26)25(17-20(22)24)15-14-23(3)4/h5-9,18,20H,10-17H2,1-4H3/t20-,22-/m1/s1. The van der Waals surface area contributed by atoms with Gasteiger partial charge in [0.05, 0.1) is 0 Å². The molecule has 4 nitrogen and oxygen atoms in total. The molecule has 2 saturated heterocycles. The molecule has 2 aliphatic heterocycles. The van der Waals surface area contributed by atoms with Crippen molar-refractivity contribution in [2.75, 3.05) is 46.8 Å². The molecule has 0 N–H and O–H groups in total. The number of likely N-dealkylation sites (tertiary alicyclic amines) is 2. The van der Waals surface area contributed by atoms with E-state index in [2.05, 4.69) is 73.0 Å². The van der Waals surface area contributed by atoms with Crippen LogP contribution < -0.4 is 0 Å². The lowest BCUT2D eigenvalue weighted by atomic mass is 9.71. The van der Waals surface area contributed by atoms with Gasteiger partial charge in [-0.25, -0.2) is 0 Å². The number of nitrogens with zero attached hydrogens (tertiary/aromatic N) is 3. The number of fused-ring (bicyclic) bond motifs is 1. The van der Waals surface area contributed by atoms with E-state index in [1.807, 2.05) is 0 Å². The molecule has 2 aliphatic rings. The van der Waals surface area contributed by atoms with Crippen LogP contribution in [0.2, 0.25) is 0 Å². The number of carbonyl (C=O) groups excluding carboxylic acids is 1. The van der Waals surface area contributed by atoms with Crippen molar-refractivity contribution in [2.24, 2.45) is 5.92 Å². The largest absolute Gasteiger partial charge is 0.340 e. The van der Waals surface area contributed by atoms with Crippen LogP contribution in [0, 0.1) is 5.92 Å². The molecule has 1 amide bonds. The van der Waals surface area contributed by atoms with E-state index in [1.54, 1.807) is 0 Å². The van der Waals surface area contributed by atoms with Crippen LogP contribution in [0.3, 0.4) is 0 Å². The third-order valence-electron chi connectivity index (χ3n) is 6.22. The number of rotatable bonds is 6. The summed E-state index contributed by atoms with van der Waals surface area (Å²) < 4.78 is 0. The van der Waals surface area contributed by atoms with Gasteiger partial charge in [-0.15, -0.1) is 0 Å². The van der Waals surface area contributed by atoms with Crippen LogP contribution in [0.25, 0.3) is 0 Å². The van der Waals surface area contributed by atoms with Crippen LogP contribution in [0.1, 0.15) is 38.7 Å². The van der Waals surface area contributed by atoms with Crippen molar-refractivity contribution >= 4 is 5.91 Å². The zero-order chi connectivity index (χ0) is 18.7. The van der Waals surface area contributed by atoms with Gasteiger partial charge in [0.15, 0.2) is 0 Å². The highest BCUT2D eigenvalue weighted by Gasteiger charge is 2.50. The van der Waals surface area contributed by atoms with Gasteiger partial charge in [-0.3, -0.25) is 9.69 Å². The minimum absolute atomic E-state index is 0.124. The first kappa shape index (κ1) is 19.4. The Bertz CT molecular complexity index is 601. The van der Waals surface area contributed by atoms with Crippen LogP contribution in [0.4, 0.5) is 0 Å². The topological polar surface area (TPSA) is 26.8 Å². The SMILES string of the molecule is CC(C)CN1CC[C@@]2(c3ccccc3)CCC(=O)N(CCN(C)C)C[C@@H]12. The molecule has 0 spiro atoms. The quantitative estimate of drug-likeness (QED) is 0.783. The monoisotopic (exact) mass is 357 g/mol. The minimum Gasteiger partial charge on any atom is -0.340 e. The van der Waals surface area contributed by atoms with Crippen LogP contribution in [0.5, 0.6) is 0 Å². The molecule has 0 saturated carbocycles. The Balaban J connectivity index is 1.91. The van der Waals surface area contributed by atoms with Crippen molar-refractivity contribution < 1.29 is 4.79 Å². The van der Waals surface area contributed by atoms with E-state index < -0.39 is 0 Å². The smallest absolute Gasteiger partial charge is 0.222 e. The molecule has 1 aromatic carbocycles. The Labute approximate surface area is 159 Å². The van der Waals surface area contributed by atoms with Crippen molar-refractivity contribution in [3.8, 4) is 0 Å². The van der Waals surface area contributed by atoms with E-state index in [0.29, 0.717) is 24.3 Å². The van der Waals surface area contributed by atoms with Crippen molar-refractivity contribution in [3.05, 3.63) is 35.9 Å². The summed E-state index contributed by atoms with van der Waals surface area (Å²) in [5, 5.41) is 0. The van der Waals surface area contributed by atoms with Gasteiger partial charge >= 0.3 is 0 Å². The average Bonchev–Trinajstić information content (AvgIpc) is 2.87. The molecular weight excluding hydrogens is 322 g/mol. The summed E-state index contributed by atoms with van der Waals surface area (Å²) in [6.07, 6.45) is 2.82. The molecule has 26 heavy (non-hydrogen) atoms. The van der Waals surface area contributed by atoms with Crippen molar-refractivity contribution in [1.82, 2.24) is 14.7 Å². The fourth-order valence-electron chi connectivity index (χ4n) is 4.87. The predicted octanol–water partition coefficient (Wildman–Crippen LogP) is 2.84. The van der Waals surface area contributed by atoms with Crippen LogP contribution in [-0.4, -0.2) is 73.5 Å². The molecule has 2 atom stereocenters. The first-order valence-electron chi connectivity index (χ1n) is 10.1. The summed E-state index contributed by atoms with van der Waals surface area (Å²) in [5.74, 6) is 0.983. The van der Waals surface area contributed by atoms with E-state index in [0.717, 1.165) is 39.1 Å². The number of amides is 1.